The molecule has 0 aromatic heterocycles. The molecule has 6 heteroatoms. The molecule has 25 heavy (non-hydrogen) atoms. The second-order valence-electron chi connectivity index (χ2n) is 5.55. The molecule has 134 valence electrons. The molecular formula is C19H21Cl2NO3. The lowest BCUT2D eigenvalue weighted by Gasteiger charge is -2.13. The van der Waals surface area contributed by atoms with Gasteiger partial charge >= 0.3 is 5.97 Å². The second kappa shape index (κ2) is 9.54. The van der Waals surface area contributed by atoms with E-state index in [2.05, 4.69) is 5.32 Å². The maximum atomic E-state index is 11.9. The number of benzene rings is 2. The molecule has 0 saturated carbocycles. The van der Waals surface area contributed by atoms with Gasteiger partial charge in [-0.3, -0.25) is 0 Å². The summed E-state index contributed by atoms with van der Waals surface area (Å²) >= 11 is 12.2. The topological polar surface area (TPSA) is 47.6 Å². The summed E-state index contributed by atoms with van der Waals surface area (Å²) in [5.74, 6) is 0.430. The highest BCUT2D eigenvalue weighted by molar-refractivity contribution is 6.37. The van der Waals surface area contributed by atoms with E-state index < -0.39 is 5.97 Å². The van der Waals surface area contributed by atoms with Crippen molar-refractivity contribution in [3.63, 3.8) is 0 Å². The van der Waals surface area contributed by atoms with Crippen molar-refractivity contribution < 1.29 is 14.3 Å². The van der Waals surface area contributed by atoms with Crippen LogP contribution in [0.4, 0.5) is 5.69 Å². The lowest BCUT2D eigenvalue weighted by molar-refractivity contribution is 0.0602. The molecule has 0 heterocycles. The Morgan fingerprint density at radius 1 is 1.16 bits per heavy atom. The van der Waals surface area contributed by atoms with Crippen molar-refractivity contribution in [3.05, 3.63) is 57.6 Å². The molecule has 0 unspecified atom stereocenters. The fourth-order valence-electron chi connectivity index (χ4n) is 2.37. The van der Waals surface area contributed by atoms with Crippen LogP contribution in [0.1, 0.15) is 28.8 Å². The predicted molar refractivity (Wildman–Crippen MR) is 102 cm³/mol. The largest absolute Gasteiger partial charge is 0.493 e. The predicted octanol–water partition coefficient (Wildman–Crippen LogP) is 5.36. The van der Waals surface area contributed by atoms with Crippen LogP contribution >= 0.6 is 23.2 Å². The summed E-state index contributed by atoms with van der Waals surface area (Å²) in [5, 5.41) is 3.97. The third-order valence-corrected chi connectivity index (χ3v) is 4.20. The Hall–Kier alpha value is -1.91. The third kappa shape index (κ3) is 5.55. The molecule has 0 bridgehead atoms. The monoisotopic (exact) mass is 381 g/mol. The number of hydrogen-bond donors (Lipinski definition) is 1. The maximum Gasteiger partial charge on any atom is 0.340 e. The van der Waals surface area contributed by atoms with Crippen molar-refractivity contribution in [1.82, 2.24) is 0 Å². The number of esters is 1. The lowest BCUT2D eigenvalue weighted by atomic mass is 10.1. The fourth-order valence-corrected chi connectivity index (χ4v) is 2.93. The molecule has 2 rings (SSSR count). The van der Waals surface area contributed by atoms with E-state index in [1.54, 1.807) is 12.1 Å². The Kier molecular flexibility index (Phi) is 7.41. The first-order valence-electron chi connectivity index (χ1n) is 8.02. The molecule has 4 nitrogen and oxygen atoms in total. The highest BCUT2D eigenvalue weighted by atomic mass is 35.5. The second-order valence-corrected chi connectivity index (χ2v) is 6.39. The summed E-state index contributed by atoms with van der Waals surface area (Å²) in [6, 6.07) is 11.1. The van der Waals surface area contributed by atoms with E-state index in [1.807, 2.05) is 31.2 Å². The van der Waals surface area contributed by atoms with Gasteiger partial charge in [0.2, 0.25) is 0 Å². The average Bonchev–Trinajstić information content (AvgIpc) is 2.59. The van der Waals surface area contributed by atoms with Crippen LogP contribution in [0.3, 0.4) is 0 Å². The molecule has 2 aromatic carbocycles. The van der Waals surface area contributed by atoms with Gasteiger partial charge in [0.05, 0.1) is 30.0 Å². The van der Waals surface area contributed by atoms with E-state index in [0.29, 0.717) is 34.4 Å². The van der Waals surface area contributed by atoms with Gasteiger partial charge in [-0.15, -0.1) is 0 Å². The molecule has 0 radical (unpaired) electrons. The Morgan fingerprint density at radius 2 is 1.92 bits per heavy atom. The zero-order chi connectivity index (χ0) is 18.2. The number of para-hydroxylation sites is 1. The number of rotatable bonds is 8. The van der Waals surface area contributed by atoms with Gasteiger partial charge in [0.25, 0.3) is 0 Å². The number of unbranched alkanes of at least 4 members (excludes halogenated alkanes) is 1. The van der Waals surface area contributed by atoms with E-state index in [9.17, 15) is 4.79 Å². The van der Waals surface area contributed by atoms with Crippen LogP contribution in [0.5, 0.6) is 5.75 Å². The highest BCUT2D eigenvalue weighted by Gasteiger charge is 2.16. The van der Waals surface area contributed by atoms with E-state index >= 15 is 0 Å². The molecular weight excluding hydrogens is 361 g/mol. The zero-order valence-electron chi connectivity index (χ0n) is 14.3. The Labute approximate surface area is 158 Å². The van der Waals surface area contributed by atoms with Crippen LogP contribution in [0.25, 0.3) is 0 Å². The van der Waals surface area contributed by atoms with Gasteiger partial charge in [-0.1, -0.05) is 41.4 Å². The molecule has 0 atom stereocenters. The van der Waals surface area contributed by atoms with Crippen LogP contribution < -0.4 is 10.1 Å². The molecule has 0 aliphatic rings. The molecule has 0 amide bonds. The normalized spacial score (nSPS) is 10.4. The number of hydrogen-bond acceptors (Lipinski definition) is 4. The molecule has 2 aromatic rings. The first-order chi connectivity index (χ1) is 12.0. The zero-order valence-corrected chi connectivity index (χ0v) is 15.8. The van der Waals surface area contributed by atoms with Crippen LogP contribution in [0.2, 0.25) is 10.0 Å². The summed E-state index contributed by atoms with van der Waals surface area (Å²) in [6.07, 6.45) is 1.74. The number of ether oxygens (including phenoxy) is 2. The number of aryl methyl sites for hydroxylation is 1. The molecule has 0 aliphatic heterocycles. The van der Waals surface area contributed by atoms with E-state index in [0.717, 1.165) is 24.2 Å². The third-order valence-electron chi connectivity index (χ3n) is 3.68. The van der Waals surface area contributed by atoms with Gasteiger partial charge < -0.3 is 14.8 Å². The van der Waals surface area contributed by atoms with Crippen molar-refractivity contribution in [2.75, 3.05) is 25.6 Å². The van der Waals surface area contributed by atoms with Gasteiger partial charge in [0.1, 0.15) is 5.75 Å². The van der Waals surface area contributed by atoms with Crippen molar-refractivity contribution >= 4 is 34.9 Å². The molecule has 0 fully saturated rings. The summed E-state index contributed by atoms with van der Waals surface area (Å²) in [7, 11) is 1.32. The molecule has 1 N–H and O–H groups in total. The number of methoxy groups -OCH3 is 1. The number of carbonyl (C=O) groups excluding carboxylic acids is 1. The SMILES string of the molecule is COC(=O)c1cc(Cl)cc(Cl)c1NCCCCOc1ccccc1C. The summed E-state index contributed by atoms with van der Waals surface area (Å²) in [5.41, 5.74) is 1.99. The minimum absolute atomic E-state index is 0.330. The first kappa shape index (κ1) is 19.4. The van der Waals surface area contributed by atoms with E-state index in [1.165, 1.54) is 7.11 Å². The van der Waals surface area contributed by atoms with E-state index in [-0.39, 0.29) is 0 Å². The minimum atomic E-state index is -0.477. The summed E-state index contributed by atoms with van der Waals surface area (Å²) < 4.78 is 10.5. The van der Waals surface area contributed by atoms with Gasteiger partial charge in [-0.05, 0) is 43.5 Å². The fraction of sp³-hybridized carbons (Fsp3) is 0.316. The van der Waals surface area contributed by atoms with Crippen molar-refractivity contribution in [1.29, 1.82) is 0 Å². The number of carbonyl (C=O) groups is 1. The quantitative estimate of drug-likeness (QED) is 0.493. The van der Waals surface area contributed by atoms with Crippen molar-refractivity contribution in [3.8, 4) is 5.75 Å². The molecule has 0 spiro atoms. The van der Waals surface area contributed by atoms with Crippen molar-refractivity contribution in [2.24, 2.45) is 0 Å². The molecule has 0 aliphatic carbocycles. The summed E-state index contributed by atoms with van der Waals surface area (Å²) in [4.78, 5) is 11.9. The average molecular weight is 382 g/mol. The van der Waals surface area contributed by atoms with Gasteiger partial charge in [0, 0.05) is 11.6 Å². The standard InChI is InChI=1S/C19H21Cl2NO3/c1-13-7-3-4-8-17(13)25-10-6-5-9-22-18-15(19(23)24-2)11-14(20)12-16(18)21/h3-4,7-8,11-12,22H,5-6,9-10H2,1-2H3. The van der Waals surface area contributed by atoms with Gasteiger partial charge in [0.15, 0.2) is 0 Å². The van der Waals surface area contributed by atoms with Gasteiger partial charge in [-0.25, -0.2) is 4.79 Å². The maximum absolute atomic E-state index is 11.9. The Morgan fingerprint density at radius 3 is 2.64 bits per heavy atom. The van der Waals surface area contributed by atoms with Crippen molar-refractivity contribution in [2.45, 2.75) is 19.8 Å². The highest BCUT2D eigenvalue weighted by Crippen LogP contribution is 2.30. The number of anilines is 1. The Bertz CT molecular complexity index is 735. The van der Waals surface area contributed by atoms with Crippen LogP contribution in [-0.4, -0.2) is 26.2 Å². The smallest absolute Gasteiger partial charge is 0.340 e. The minimum Gasteiger partial charge on any atom is -0.493 e. The van der Waals surface area contributed by atoms with Crippen LogP contribution in [0.15, 0.2) is 36.4 Å². The van der Waals surface area contributed by atoms with Crippen LogP contribution in [0, 0.1) is 6.92 Å². The first-order valence-corrected chi connectivity index (χ1v) is 8.78. The van der Waals surface area contributed by atoms with E-state index in [4.69, 9.17) is 32.7 Å². The summed E-state index contributed by atoms with van der Waals surface area (Å²) in [6.45, 7) is 3.31. The lowest BCUT2D eigenvalue weighted by Crippen LogP contribution is -2.11. The number of nitrogens with one attached hydrogen (secondary N) is 1. The van der Waals surface area contributed by atoms with Gasteiger partial charge in [-0.2, -0.15) is 0 Å². The van der Waals surface area contributed by atoms with Crippen LogP contribution in [-0.2, 0) is 4.74 Å². The Balaban J connectivity index is 1.84. The molecule has 0 saturated heterocycles. The number of halogens is 2.